The SMILES string of the molecule is Cc1cc(OC(N)=O)ccn1. The van der Waals surface area contributed by atoms with Gasteiger partial charge in [0.2, 0.25) is 0 Å². The van der Waals surface area contributed by atoms with Crippen molar-refractivity contribution in [1.82, 2.24) is 4.98 Å². The first kappa shape index (κ1) is 7.53. The van der Waals surface area contributed by atoms with Crippen LogP contribution in [0, 0.1) is 6.92 Å². The van der Waals surface area contributed by atoms with Gasteiger partial charge in [-0.1, -0.05) is 0 Å². The molecule has 0 aromatic carbocycles. The normalized spacial score (nSPS) is 9.18. The number of amides is 1. The van der Waals surface area contributed by atoms with E-state index >= 15 is 0 Å². The Labute approximate surface area is 64.0 Å². The van der Waals surface area contributed by atoms with E-state index in [-0.39, 0.29) is 0 Å². The van der Waals surface area contributed by atoms with Crippen molar-refractivity contribution in [3.63, 3.8) is 0 Å². The minimum Gasteiger partial charge on any atom is -0.410 e. The molecule has 1 aromatic heterocycles. The highest BCUT2D eigenvalue weighted by Gasteiger charge is 1.97. The smallest absolute Gasteiger partial charge is 0.409 e. The van der Waals surface area contributed by atoms with Crippen LogP contribution in [0.2, 0.25) is 0 Å². The molecule has 1 heterocycles. The van der Waals surface area contributed by atoms with Crippen LogP contribution in [0.15, 0.2) is 18.3 Å². The maximum atomic E-state index is 10.3. The van der Waals surface area contributed by atoms with Gasteiger partial charge in [0.05, 0.1) is 0 Å². The molecule has 1 rings (SSSR count). The van der Waals surface area contributed by atoms with E-state index in [9.17, 15) is 4.79 Å². The molecule has 1 amide bonds. The maximum absolute atomic E-state index is 10.3. The highest BCUT2D eigenvalue weighted by molar-refractivity contribution is 5.67. The van der Waals surface area contributed by atoms with Crippen molar-refractivity contribution in [2.75, 3.05) is 0 Å². The number of primary amides is 1. The fourth-order valence-electron chi connectivity index (χ4n) is 0.699. The molecule has 0 spiro atoms. The zero-order chi connectivity index (χ0) is 8.27. The number of carbonyl (C=O) groups excluding carboxylic acids is 1. The number of hydrogen-bond donors (Lipinski definition) is 1. The third-order valence-corrected chi connectivity index (χ3v) is 1.09. The molecule has 0 aliphatic rings. The number of carbonyl (C=O) groups is 1. The van der Waals surface area contributed by atoms with Crippen molar-refractivity contribution in [1.29, 1.82) is 0 Å². The lowest BCUT2D eigenvalue weighted by Gasteiger charge is -1.99. The molecule has 4 heteroatoms. The Morgan fingerprint density at radius 1 is 1.73 bits per heavy atom. The van der Waals surface area contributed by atoms with E-state index in [4.69, 9.17) is 5.73 Å². The predicted octanol–water partition coefficient (Wildman–Crippen LogP) is 0.848. The lowest BCUT2D eigenvalue weighted by Crippen LogP contribution is -2.16. The average molecular weight is 152 g/mol. The summed E-state index contributed by atoms with van der Waals surface area (Å²) in [6.07, 6.45) is 0.740. The van der Waals surface area contributed by atoms with Crippen LogP contribution < -0.4 is 10.5 Å². The van der Waals surface area contributed by atoms with Crippen LogP contribution in [0.25, 0.3) is 0 Å². The number of nitrogens with zero attached hydrogens (tertiary/aromatic N) is 1. The Bertz CT molecular complexity index is 273. The largest absolute Gasteiger partial charge is 0.410 e. The lowest BCUT2D eigenvalue weighted by atomic mass is 10.4. The summed E-state index contributed by atoms with van der Waals surface area (Å²) in [5.74, 6) is 0.421. The standard InChI is InChI=1S/C7H8N2O2/c1-5-4-6(2-3-9-5)11-7(8)10/h2-4H,1H3,(H2,8,10). The molecule has 2 N–H and O–H groups in total. The molecule has 0 radical (unpaired) electrons. The van der Waals surface area contributed by atoms with Gasteiger partial charge in [0, 0.05) is 18.0 Å². The van der Waals surface area contributed by atoms with Crippen molar-refractivity contribution in [3.8, 4) is 5.75 Å². The van der Waals surface area contributed by atoms with Crippen LogP contribution in [0.1, 0.15) is 5.69 Å². The number of nitrogens with two attached hydrogens (primary N) is 1. The van der Waals surface area contributed by atoms with Gasteiger partial charge < -0.3 is 10.5 Å². The van der Waals surface area contributed by atoms with Crippen LogP contribution in [-0.2, 0) is 0 Å². The summed E-state index contributed by atoms with van der Waals surface area (Å²) in [5.41, 5.74) is 5.57. The summed E-state index contributed by atoms with van der Waals surface area (Å²) in [7, 11) is 0. The third-order valence-electron chi connectivity index (χ3n) is 1.09. The predicted molar refractivity (Wildman–Crippen MR) is 39.2 cm³/mol. The summed E-state index contributed by atoms with van der Waals surface area (Å²) < 4.78 is 4.59. The zero-order valence-corrected chi connectivity index (χ0v) is 6.07. The molecule has 0 bridgehead atoms. The molecule has 0 aliphatic carbocycles. The van der Waals surface area contributed by atoms with Crippen molar-refractivity contribution < 1.29 is 9.53 Å². The number of rotatable bonds is 1. The fraction of sp³-hybridized carbons (Fsp3) is 0.143. The van der Waals surface area contributed by atoms with Gasteiger partial charge in [0.25, 0.3) is 0 Å². The van der Waals surface area contributed by atoms with E-state index in [1.165, 1.54) is 0 Å². The molecule has 0 saturated heterocycles. The molecule has 58 valence electrons. The Morgan fingerprint density at radius 2 is 2.45 bits per heavy atom. The second-order valence-electron chi connectivity index (χ2n) is 2.05. The molecule has 0 aliphatic heterocycles. The molecule has 1 aromatic rings. The van der Waals surface area contributed by atoms with Gasteiger partial charge in [-0.3, -0.25) is 4.98 Å². The van der Waals surface area contributed by atoms with Crippen LogP contribution in [0.4, 0.5) is 4.79 Å². The Balaban J connectivity index is 2.79. The molecule has 4 nitrogen and oxygen atoms in total. The molecular weight excluding hydrogens is 144 g/mol. The Morgan fingerprint density at radius 3 is 3.00 bits per heavy atom. The summed E-state index contributed by atoms with van der Waals surface area (Å²) in [6.45, 7) is 1.80. The van der Waals surface area contributed by atoms with E-state index < -0.39 is 6.09 Å². The van der Waals surface area contributed by atoms with E-state index in [2.05, 4.69) is 9.72 Å². The van der Waals surface area contributed by atoms with Gasteiger partial charge >= 0.3 is 6.09 Å². The summed E-state index contributed by atoms with van der Waals surface area (Å²) in [6, 6.07) is 3.20. The number of pyridine rings is 1. The highest BCUT2D eigenvalue weighted by Crippen LogP contribution is 2.09. The zero-order valence-electron chi connectivity index (χ0n) is 6.07. The summed E-state index contributed by atoms with van der Waals surface area (Å²) in [4.78, 5) is 14.2. The quantitative estimate of drug-likeness (QED) is 0.648. The number of aromatic nitrogens is 1. The Hall–Kier alpha value is -1.58. The molecule has 0 atom stereocenters. The first-order valence-electron chi connectivity index (χ1n) is 3.08. The third kappa shape index (κ3) is 2.25. The van der Waals surface area contributed by atoms with Crippen molar-refractivity contribution in [2.24, 2.45) is 5.73 Å². The fourth-order valence-corrected chi connectivity index (χ4v) is 0.699. The highest BCUT2D eigenvalue weighted by atomic mass is 16.5. The van der Waals surface area contributed by atoms with Gasteiger partial charge in [-0.15, -0.1) is 0 Å². The number of ether oxygens (including phenoxy) is 1. The van der Waals surface area contributed by atoms with Gasteiger partial charge in [0.1, 0.15) is 5.75 Å². The topological polar surface area (TPSA) is 65.2 Å². The van der Waals surface area contributed by atoms with Crippen LogP contribution in [0.3, 0.4) is 0 Å². The lowest BCUT2D eigenvalue weighted by molar-refractivity contribution is 0.211. The van der Waals surface area contributed by atoms with E-state index in [0.29, 0.717) is 5.75 Å². The second kappa shape index (κ2) is 3.01. The van der Waals surface area contributed by atoms with Gasteiger partial charge in [0.15, 0.2) is 0 Å². The first-order valence-corrected chi connectivity index (χ1v) is 3.08. The van der Waals surface area contributed by atoms with Crippen LogP contribution in [-0.4, -0.2) is 11.1 Å². The second-order valence-corrected chi connectivity index (χ2v) is 2.05. The Kier molecular flexibility index (Phi) is 2.06. The van der Waals surface area contributed by atoms with Gasteiger partial charge in [-0.05, 0) is 13.0 Å². The first-order chi connectivity index (χ1) is 5.18. The van der Waals surface area contributed by atoms with Crippen molar-refractivity contribution in [2.45, 2.75) is 6.92 Å². The average Bonchev–Trinajstić information content (AvgIpc) is 1.85. The van der Waals surface area contributed by atoms with Gasteiger partial charge in [-0.2, -0.15) is 0 Å². The minimum atomic E-state index is -0.810. The summed E-state index contributed by atoms with van der Waals surface area (Å²) >= 11 is 0. The van der Waals surface area contributed by atoms with Crippen molar-refractivity contribution in [3.05, 3.63) is 24.0 Å². The van der Waals surface area contributed by atoms with E-state index in [0.717, 1.165) is 5.69 Å². The summed E-state index contributed by atoms with van der Waals surface area (Å²) in [5, 5.41) is 0. The number of aryl methyl sites for hydroxylation is 1. The van der Waals surface area contributed by atoms with Crippen molar-refractivity contribution >= 4 is 6.09 Å². The van der Waals surface area contributed by atoms with Crippen LogP contribution in [0.5, 0.6) is 5.75 Å². The molecule has 0 unspecified atom stereocenters. The monoisotopic (exact) mass is 152 g/mol. The molecule has 0 saturated carbocycles. The van der Waals surface area contributed by atoms with Gasteiger partial charge in [-0.25, -0.2) is 4.79 Å². The number of hydrogen-bond acceptors (Lipinski definition) is 3. The van der Waals surface area contributed by atoms with Crippen LogP contribution >= 0.6 is 0 Å². The molecule has 0 fully saturated rings. The maximum Gasteiger partial charge on any atom is 0.409 e. The minimum absolute atomic E-state index is 0.421. The van der Waals surface area contributed by atoms with E-state index in [1.807, 2.05) is 0 Å². The molecule has 11 heavy (non-hydrogen) atoms. The molecular formula is C7H8N2O2. The van der Waals surface area contributed by atoms with E-state index in [1.54, 1.807) is 25.3 Å².